The highest BCUT2D eigenvalue weighted by molar-refractivity contribution is 7.80. The summed E-state index contributed by atoms with van der Waals surface area (Å²) in [5.74, 6) is -1.99. The predicted molar refractivity (Wildman–Crippen MR) is 102 cm³/mol. The molecule has 1 aliphatic rings. The number of thiocarbonyl (C=S) groups is 1. The summed E-state index contributed by atoms with van der Waals surface area (Å²) in [6, 6.07) is 14.1. The molecule has 0 bridgehead atoms. The first-order valence-electron chi connectivity index (χ1n) is 7.51. The Labute approximate surface area is 155 Å². The van der Waals surface area contributed by atoms with Crippen molar-refractivity contribution in [3.05, 3.63) is 59.1 Å². The topological polar surface area (TPSA) is 61.8 Å². The Hall–Kier alpha value is -2.57. The summed E-state index contributed by atoms with van der Waals surface area (Å²) in [7, 11) is 0. The number of amides is 2. The van der Waals surface area contributed by atoms with Gasteiger partial charge in [0.05, 0.1) is 11.4 Å². The second-order valence-electron chi connectivity index (χ2n) is 5.54. The second-order valence-corrected chi connectivity index (χ2v) is 6.36. The van der Waals surface area contributed by atoms with Crippen LogP contribution in [-0.2, 0) is 9.59 Å². The normalized spacial score (nSPS) is 17.9. The minimum absolute atomic E-state index is 0.0392. The molecule has 0 saturated carbocycles. The molecule has 2 aromatic rings. The zero-order valence-corrected chi connectivity index (χ0v) is 14.8. The zero-order valence-electron chi connectivity index (χ0n) is 13.3. The highest BCUT2D eigenvalue weighted by Crippen LogP contribution is 2.23. The summed E-state index contributed by atoms with van der Waals surface area (Å²) in [6.07, 6.45) is 1.34. The Bertz CT molecular complexity index is 863. The molecule has 1 saturated heterocycles. The Kier molecular flexibility index (Phi) is 4.92. The number of aliphatic imine (C=N–C) groups is 1. The van der Waals surface area contributed by atoms with Crippen LogP contribution < -0.4 is 10.2 Å². The summed E-state index contributed by atoms with van der Waals surface area (Å²) < 4.78 is 0. The predicted octanol–water partition coefficient (Wildman–Crippen LogP) is 3.41. The zero-order chi connectivity index (χ0) is 18.0. The van der Waals surface area contributed by atoms with Crippen molar-refractivity contribution in [1.82, 2.24) is 5.32 Å². The van der Waals surface area contributed by atoms with E-state index >= 15 is 0 Å². The molecule has 0 unspecified atom stereocenters. The Morgan fingerprint density at radius 3 is 2.40 bits per heavy atom. The smallest absolute Gasteiger partial charge is 0.251 e. The average molecular weight is 372 g/mol. The summed E-state index contributed by atoms with van der Waals surface area (Å²) in [5.41, 5.74) is 2.30. The lowest BCUT2D eigenvalue weighted by molar-refractivity contribution is -0.130. The monoisotopic (exact) mass is 371 g/mol. The standard InChI is InChI=1S/C18H14ClN3O2S/c1-11-2-6-13(7-3-11)20-10-15-16(23)21-18(25)22(17(15)24)14-8-4-12(19)5-9-14/h2-10,15H,1H3,(H,21,23,25)/t15-/m0/s1. The number of hydrogen-bond donors (Lipinski definition) is 1. The van der Waals surface area contributed by atoms with Crippen LogP contribution in [-0.4, -0.2) is 23.1 Å². The summed E-state index contributed by atoms with van der Waals surface area (Å²) >= 11 is 11.0. The van der Waals surface area contributed by atoms with Crippen LogP contribution in [0.3, 0.4) is 0 Å². The number of aryl methyl sites for hydroxylation is 1. The molecular weight excluding hydrogens is 358 g/mol. The van der Waals surface area contributed by atoms with E-state index in [0.717, 1.165) is 5.56 Å². The van der Waals surface area contributed by atoms with E-state index < -0.39 is 17.7 Å². The number of benzene rings is 2. The number of rotatable bonds is 3. The van der Waals surface area contributed by atoms with E-state index in [1.165, 1.54) is 11.1 Å². The van der Waals surface area contributed by atoms with E-state index in [0.29, 0.717) is 16.4 Å². The van der Waals surface area contributed by atoms with E-state index in [1.807, 2.05) is 31.2 Å². The summed E-state index contributed by atoms with van der Waals surface area (Å²) in [5, 5.41) is 3.12. The molecular formula is C18H14ClN3O2S. The summed E-state index contributed by atoms with van der Waals surface area (Å²) in [6.45, 7) is 1.97. The lowest BCUT2D eigenvalue weighted by Crippen LogP contribution is -2.58. The van der Waals surface area contributed by atoms with Gasteiger partial charge in [-0.3, -0.25) is 19.5 Å². The van der Waals surface area contributed by atoms with Gasteiger partial charge in [-0.15, -0.1) is 0 Å². The van der Waals surface area contributed by atoms with Gasteiger partial charge in [-0.05, 0) is 55.5 Å². The molecule has 126 valence electrons. The third kappa shape index (κ3) is 3.75. The fraction of sp³-hybridized carbons (Fsp3) is 0.111. The van der Waals surface area contributed by atoms with Crippen LogP contribution >= 0.6 is 23.8 Å². The molecule has 1 atom stereocenters. The van der Waals surface area contributed by atoms with Crippen molar-refractivity contribution in [2.45, 2.75) is 6.92 Å². The number of halogens is 1. The fourth-order valence-electron chi connectivity index (χ4n) is 2.35. The van der Waals surface area contributed by atoms with E-state index in [1.54, 1.807) is 24.3 Å². The molecule has 0 radical (unpaired) electrons. The molecule has 7 heteroatoms. The van der Waals surface area contributed by atoms with Crippen molar-refractivity contribution >= 4 is 58.3 Å². The van der Waals surface area contributed by atoms with E-state index in [2.05, 4.69) is 10.3 Å². The maximum Gasteiger partial charge on any atom is 0.251 e. The number of hydrogen-bond acceptors (Lipinski definition) is 4. The third-order valence-electron chi connectivity index (χ3n) is 3.69. The van der Waals surface area contributed by atoms with Gasteiger partial charge in [0.1, 0.15) is 0 Å². The Balaban J connectivity index is 1.87. The molecule has 0 spiro atoms. The van der Waals surface area contributed by atoms with E-state index in [-0.39, 0.29) is 5.11 Å². The molecule has 1 fully saturated rings. The van der Waals surface area contributed by atoms with Crippen LogP contribution in [0.25, 0.3) is 0 Å². The van der Waals surface area contributed by atoms with Crippen molar-refractivity contribution in [2.24, 2.45) is 10.9 Å². The van der Waals surface area contributed by atoms with E-state index in [4.69, 9.17) is 23.8 Å². The van der Waals surface area contributed by atoms with Gasteiger partial charge in [0.15, 0.2) is 11.0 Å². The van der Waals surface area contributed by atoms with Gasteiger partial charge in [-0.25, -0.2) is 0 Å². The number of nitrogens with one attached hydrogen (secondary N) is 1. The van der Waals surface area contributed by atoms with Gasteiger partial charge in [0, 0.05) is 11.2 Å². The third-order valence-corrected chi connectivity index (χ3v) is 4.23. The average Bonchev–Trinajstić information content (AvgIpc) is 2.57. The van der Waals surface area contributed by atoms with Gasteiger partial charge < -0.3 is 5.32 Å². The highest BCUT2D eigenvalue weighted by Gasteiger charge is 2.38. The van der Waals surface area contributed by atoms with Crippen molar-refractivity contribution in [3.8, 4) is 0 Å². The van der Waals surface area contributed by atoms with Crippen molar-refractivity contribution in [2.75, 3.05) is 4.90 Å². The Morgan fingerprint density at radius 2 is 1.76 bits per heavy atom. The molecule has 3 rings (SSSR count). The molecule has 2 amide bonds. The van der Waals surface area contributed by atoms with Crippen LogP contribution in [0.2, 0.25) is 5.02 Å². The Morgan fingerprint density at radius 1 is 1.12 bits per heavy atom. The molecule has 5 nitrogen and oxygen atoms in total. The highest BCUT2D eigenvalue weighted by atomic mass is 35.5. The quantitative estimate of drug-likeness (QED) is 0.511. The molecule has 0 aliphatic carbocycles. The SMILES string of the molecule is Cc1ccc(N=C[C@H]2C(=O)NC(=S)N(c3ccc(Cl)cc3)C2=O)cc1. The van der Waals surface area contributed by atoms with Crippen molar-refractivity contribution in [3.63, 3.8) is 0 Å². The number of nitrogens with zero attached hydrogens (tertiary/aromatic N) is 2. The first-order valence-corrected chi connectivity index (χ1v) is 8.29. The van der Waals surface area contributed by atoms with Crippen molar-refractivity contribution in [1.29, 1.82) is 0 Å². The molecule has 0 aromatic heterocycles. The molecule has 2 aromatic carbocycles. The molecule has 1 heterocycles. The minimum Gasteiger partial charge on any atom is -0.301 e. The second kappa shape index (κ2) is 7.13. The first kappa shape index (κ1) is 17.3. The van der Waals surface area contributed by atoms with Crippen LogP contribution in [0.1, 0.15) is 5.56 Å². The van der Waals surface area contributed by atoms with Crippen LogP contribution in [0, 0.1) is 12.8 Å². The van der Waals surface area contributed by atoms with Crippen LogP contribution in [0.15, 0.2) is 53.5 Å². The number of carbonyl (C=O) groups is 2. The number of anilines is 1. The molecule has 1 aliphatic heterocycles. The number of carbonyl (C=O) groups excluding carboxylic acids is 2. The fourth-order valence-corrected chi connectivity index (χ4v) is 2.77. The van der Waals surface area contributed by atoms with Gasteiger partial charge in [0.25, 0.3) is 5.91 Å². The van der Waals surface area contributed by atoms with Gasteiger partial charge in [-0.1, -0.05) is 29.3 Å². The van der Waals surface area contributed by atoms with Crippen LogP contribution in [0.5, 0.6) is 0 Å². The van der Waals surface area contributed by atoms with Gasteiger partial charge in [0.2, 0.25) is 5.91 Å². The molecule has 1 N–H and O–H groups in total. The minimum atomic E-state index is -1.05. The lowest BCUT2D eigenvalue weighted by Gasteiger charge is -2.30. The maximum atomic E-state index is 12.8. The van der Waals surface area contributed by atoms with Gasteiger partial charge in [-0.2, -0.15) is 0 Å². The largest absolute Gasteiger partial charge is 0.301 e. The summed E-state index contributed by atoms with van der Waals surface area (Å²) in [4.78, 5) is 30.4. The molecule has 25 heavy (non-hydrogen) atoms. The van der Waals surface area contributed by atoms with E-state index in [9.17, 15) is 9.59 Å². The van der Waals surface area contributed by atoms with Crippen LogP contribution in [0.4, 0.5) is 11.4 Å². The van der Waals surface area contributed by atoms with Crippen molar-refractivity contribution < 1.29 is 9.59 Å². The lowest BCUT2D eigenvalue weighted by atomic mass is 10.1. The maximum absolute atomic E-state index is 12.8. The first-order chi connectivity index (χ1) is 12.0. The van der Waals surface area contributed by atoms with Gasteiger partial charge >= 0.3 is 0 Å².